The minimum atomic E-state index is -3.88. The van der Waals surface area contributed by atoms with Crippen molar-refractivity contribution in [1.82, 2.24) is 19.0 Å². The van der Waals surface area contributed by atoms with Crippen LogP contribution in [-0.4, -0.2) is 90.6 Å². The van der Waals surface area contributed by atoms with Gasteiger partial charge in [-0.3, -0.25) is 14.5 Å². The fourth-order valence-corrected chi connectivity index (χ4v) is 5.72. The van der Waals surface area contributed by atoms with Crippen LogP contribution in [-0.2, 0) is 19.6 Å². The molecule has 0 bridgehead atoms. The molecule has 4 amide bonds. The topological polar surface area (TPSA) is 98.3 Å². The maximum absolute atomic E-state index is 13.3. The van der Waals surface area contributed by atoms with Crippen LogP contribution in [0.4, 0.5) is 9.18 Å². The number of urea groups is 1. The molecule has 0 aliphatic carbocycles. The predicted octanol–water partition coefficient (Wildman–Crippen LogP) is 0.739. The first-order valence-electron chi connectivity index (χ1n) is 9.55. The van der Waals surface area contributed by atoms with E-state index in [4.69, 9.17) is 11.6 Å². The summed E-state index contributed by atoms with van der Waals surface area (Å²) in [6.07, 6.45) is 1.39. The highest BCUT2D eigenvalue weighted by molar-refractivity contribution is 7.89. The molecule has 0 radical (unpaired) electrons. The van der Waals surface area contributed by atoms with E-state index >= 15 is 0 Å². The average Bonchev–Trinajstić information content (AvgIpc) is 3.29. The van der Waals surface area contributed by atoms with Crippen LogP contribution >= 0.6 is 11.6 Å². The van der Waals surface area contributed by atoms with Crippen molar-refractivity contribution in [3.05, 3.63) is 29.0 Å². The van der Waals surface area contributed by atoms with Crippen molar-refractivity contribution in [2.75, 3.05) is 39.3 Å². The summed E-state index contributed by atoms with van der Waals surface area (Å²) in [6, 6.07) is 2.29. The number of rotatable bonds is 4. The summed E-state index contributed by atoms with van der Waals surface area (Å²) >= 11 is 5.69. The molecule has 1 aromatic rings. The zero-order valence-corrected chi connectivity index (χ0v) is 17.5. The minimum Gasteiger partial charge on any atom is -0.338 e. The number of carbonyl (C=O) groups is 3. The molecular weight excluding hydrogens is 439 g/mol. The number of nitrogens with zero attached hydrogens (tertiary/aromatic N) is 4. The van der Waals surface area contributed by atoms with E-state index < -0.39 is 33.8 Å². The molecule has 0 aromatic heterocycles. The molecule has 0 spiro atoms. The van der Waals surface area contributed by atoms with Gasteiger partial charge in [0.15, 0.2) is 0 Å². The number of sulfonamides is 1. The summed E-state index contributed by atoms with van der Waals surface area (Å²) in [5.74, 6) is -1.46. The first-order chi connectivity index (χ1) is 14.2. The van der Waals surface area contributed by atoms with Crippen LogP contribution in [0.1, 0.15) is 12.8 Å². The Labute approximate surface area is 178 Å². The monoisotopic (exact) mass is 458 g/mol. The summed E-state index contributed by atoms with van der Waals surface area (Å²) in [4.78, 5) is 41.1. The van der Waals surface area contributed by atoms with Crippen molar-refractivity contribution in [3.63, 3.8) is 0 Å². The number of carbonyl (C=O) groups excluding carboxylic acids is 3. The zero-order chi connectivity index (χ0) is 21.6. The second-order valence-corrected chi connectivity index (χ2v) is 9.76. The van der Waals surface area contributed by atoms with Gasteiger partial charge in [0.1, 0.15) is 18.4 Å². The quantitative estimate of drug-likeness (QED) is 0.620. The molecule has 9 nitrogen and oxygen atoms in total. The van der Waals surface area contributed by atoms with Crippen molar-refractivity contribution >= 4 is 39.5 Å². The third kappa shape index (κ3) is 3.54. The van der Waals surface area contributed by atoms with Crippen LogP contribution in [0.5, 0.6) is 0 Å². The predicted molar refractivity (Wildman–Crippen MR) is 104 cm³/mol. The van der Waals surface area contributed by atoms with Gasteiger partial charge in [-0.2, -0.15) is 4.31 Å². The Balaban J connectivity index is 1.37. The fourth-order valence-electron chi connectivity index (χ4n) is 4.03. The van der Waals surface area contributed by atoms with Crippen LogP contribution in [0.15, 0.2) is 23.1 Å². The molecule has 0 saturated carbocycles. The van der Waals surface area contributed by atoms with E-state index in [1.165, 1.54) is 14.1 Å². The molecule has 30 heavy (non-hydrogen) atoms. The van der Waals surface area contributed by atoms with E-state index in [2.05, 4.69) is 0 Å². The highest BCUT2D eigenvalue weighted by atomic mass is 35.5. The molecular formula is C18H20ClFN4O5S. The zero-order valence-electron chi connectivity index (χ0n) is 16.0. The number of hydrogen-bond acceptors (Lipinski definition) is 5. The Bertz CT molecular complexity index is 990. The van der Waals surface area contributed by atoms with Crippen LogP contribution in [0, 0.1) is 5.82 Å². The Morgan fingerprint density at radius 2 is 1.83 bits per heavy atom. The minimum absolute atomic E-state index is 0.0414. The van der Waals surface area contributed by atoms with Crippen LogP contribution < -0.4 is 0 Å². The van der Waals surface area contributed by atoms with Crippen LogP contribution in [0.2, 0.25) is 5.02 Å². The number of piperazine rings is 1. The maximum Gasteiger partial charge on any atom is 0.327 e. The number of hydrogen-bond donors (Lipinski definition) is 0. The molecule has 3 aliphatic rings. The number of benzene rings is 1. The summed E-state index contributed by atoms with van der Waals surface area (Å²) in [6.45, 7) is 0.501. The number of fused-ring (bicyclic) bond motifs is 1. The highest BCUT2D eigenvalue weighted by Crippen LogP contribution is 2.27. The lowest BCUT2D eigenvalue weighted by Crippen LogP contribution is -2.53. The molecule has 0 N–H and O–H groups in total. The van der Waals surface area contributed by atoms with Crippen LogP contribution in [0.25, 0.3) is 0 Å². The molecule has 3 fully saturated rings. The van der Waals surface area contributed by atoms with Gasteiger partial charge in [-0.25, -0.2) is 17.6 Å². The van der Waals surface area contributed by atoms with Crippen molar-refractivity contribution in [1.29, 1.82) is 0 Å². The van der Waals surface area contributed by atoms with Gasteiger partial charge in [-0.1, -0.05) is 11.6 Å². The van der Waals surface area contributed by atoms with Gasteiger partial charge in [0, 0.05) is 32.7 Å². The molecule has 3 heterocycles. The molecule has 1 unspecified atom stereocenters. The molecule has 3 aliphatic heterocycles. The summed E-state index contributed by atoms with van der Waals surface area (Å²) < 4.78 is 40.0. The molecule has 162 valence electrons. The lowest BCUT2D eigenvalue weighted by Gasteiger charge is -2.34. The van der Waals surface area contributed by atoms with Gasteiger partial charge in [0.05, 0.1) is 9.92 Å². The van der Waals surface area contributed by atoms with Crippen molar-refractivity contribution < 1.29 is 27.2 Å². The van der Waals surface area contributed by atoms with Gasteiger partial charge < -0.3 is 9.80 Å². The van der Waals surface area contributed by atoms with Crippen molar-refractivity contribution in [2.45, 2.75) is 23.8 Å². The molecule has 1 aromatic carbocycles. The summed E-state index contributed by atoms with van der Waals surface area (Å²) in [7, 11) is -3.88. The van der Waals surface area contributed by atoms with E-state index in [1.54, 1.807) is 0 Å². The first kappa shape index (κ1) is 21.0. The van der Waals surface area contributed by atoms with Gasteiger partial charge in [-0.15, -0.1) is 0 Å². The van der Waals surface area contributed by atoms with Crippen LogP contribution in [0.3, 0.4) is 0 Å². The maximum atomic E-state index is 13.3. The standard InChI is InChI=1S/C18H20ClFN4O5S/c19-13-10-12(3-4-14(13)20)30(28,29)22-8-6-21(7-9-22)16(25)11-24-17(26)15-2-1-5-23(15)18(24)27/h3-4,10,15H,1-2,5-9,11H2. The highest BCUT2D eigenvalue weighted by Gasteiger charge is 2.48. The first-order valence-corrected chi connectivity index (χ1v) is 11.4. The Kier molecular flexibility index (Phi) is 5.45. The SMILES string of the molecule is O=C(CN1C(=O)C2CCCN2C1=O)N1CCN(S(=O)(=O)c2ccc(F)c(Cl)c2)CC1. The number of halogens is 2. The van der Waals surface area contributed by atoms with Crippen molar-refractivity contribution in [2.24, 2.45) is 0 Å². The lowest BCUT2D eigenvalue weighted by atomic mass is 10.2. The largest absolute Gasteiger partial charge is 0.338 e. The molecule has 3 saturated heterocycles. The second-order valence-electron chi connectivity index (χ2n) is 7.42. The Hall–Kier alpha value is -2.24. The van der Waals surface area contributed by atoms with E-state index in [0.717, 1.165) is 29.5 Å². The van der Waals surface area contributed by atoms with Gasteiger partial charge in [-0.05, 0) is 31.0 Å². The van der Waals surface area contributed by atoms with Gasteiger partial charge in [0.2, 0.25) is 15.9 Å². The summed E-state index contributed by atoms with van der Waals surface area (Å²) in [5.41, 5.74) is 0. The molecule has 4 rings (SSSR count). The summed E-state index contributed by atoms with van der Waals surface area (Å²) in [5, 5.41) is -0.287. The van der Waals surface area contributed by atoms with E-state index in [9.17, 15) is 27.2 Å². The molecule has 12 heteroatoms. The van der Waals surface area contributed by atoms with E-state index in [-0.39, 0.29) is 48.5 Å². The lowest BCUT2D eigenvalue weighted by molar-refractivity contribution is -0.138. The average molecular weight is 459 g/mol. The molecule has 1 atom stereocenters. The third-order valence-electron chi connectivity index (χ3n) is 5.69. The Morgan fingerprint density at radius 3 is 2.47 bits per heavy atom. The normalized spacial score (nSPS) is 22.7. The van der Waals surface area contributed by atoms with E-state index in [0.29, 0.717) is 13.0 Å². The number of imide groups is 1. The van der Waals surface area contributed by atoms with Crippen molar-refractivity contribution in [3.8, 4) is 0 Å². The Morgan fingerprint density at radius 1 is 1.13 bits per heavy atom. The second kappa shape index (κ2) is 7.78. The number of amides is 4. The van der Waals surface area contributed by atoms with E-state index in [1.807, 2.05) is 0 Å². The van der Waals surface area contributed by atoms with Gasteiger partial charge >= 0.3 is 6.03 Å². The fraction of sp³-hybridized carbons (Fsp3) is 0.500. The smallest absolute Gasteiger partial charge is 0.327 e. The van der Waals surface area contributed by atoms with Gasteiger partial charge in [0.25, 0.3) is 5.91 Å². The third-order valence-corrected chi connectivity index (χ3v) is 7.88.